The van der Waals surface area contributed by atoms with E-state index in [4.69, 9.17) is 4.74 Å². The first-order valence-electron chi connectivity index (χ1n) is 6.91. The van der Waals surface area contributed by atoms with Crippen LogP contribution in [0.15, 0.2) is 24.3 Å². The highest BCUT2D eigenvalue weighted by atomic mass is 16.6. The Bertz CT molecular complexity index is 578. The summed E-state index contributed by atoms with van der Waals surface area (Å²) in [6, 6.07) is 6.72. The van der Waals surface area contributed by atoms with Gasteiger partial charge in [0.15, 0.2) is 0 Å². The zero-order chi connectivity index (χ0) is 17.0. The highest BCUT2D eigenvalue weighted by Crippen LogP contribution is 2.22. The van der Waals surface area contributed by atoms with E-state index in [-0.39, 0.29) is 5.91 Å². The molecule has 1 aromatic rings. The van der Waals surface area contributed by atoms with Crippen LogP contribution in [-0.2, 0) is 19.9 Å². The van der Waals surface area contributed by atoms with Crippen LogP contribution in [-0.4, -0.2) is 23.9 Å². The van der Waals surface area contributed by atoms with Crippen molar-refractivity contribution in [3.63, 3.8) is 0 Å². The summed E-state index contributed by atoms with van der Waals surface area (Å²) in [5.74, 6) is -0.218. The van der Waals surface area contributed by atoms with Gasteiger partial charge in [0.25, 0.3) is 0 Å². The third-order valence-corrected chi connectivity index (χ3v) is 2.78. The van der Waals surface area contributed by atoms with Gasteiger partial charge in [0.2, 0.25) is 5.91 Å². The average Bonchev–Trinajstić information content (AvgIpc) is 2.35. The minimum Gasteiger partial charge on any atom is -0.444 e. The van der Waals surface area contributed by atoms with Crippen LogP contribution in [0.4, 0.5) is 10.5 Å². The van der Waals surface area contributed by atoms with E-state index in [1.807, 2.05) is 0 Å². The Kier molecular flexibility index (Phi) is 5.30. The fourth-order valence-corrected chi connectivity index (χ4v) is 1.81. The van der Waals surface area contributed by atoms with E-state index in [1.54, 1.807) is 52.0 Å². The number of carbonyl (C=O) groups excluding carboxylic acids is 3. The molecule has 0 fully saturated rings. The number of carbonyl (C=O) groups is 3. The molecule has 0 saturated carbocycles. The number of alkyl carbamates (subject to hydrolysis) is 1. The van der Waals surface area contributed by atoms with Crippen LogP contribution in [0.1, 0.15) is 40.2 Å². The van der Waals surface area contributed by atoms with Gasteiger partial charge in [-0.2, -0.15) is 0 Å². The number of nitrogens with one attached hydrogen (secondary N) is 2. The maximum absolute atomic E-state index is 11.9. The Morgan fingerprint density at radius 3 is 2.32 bits per heavy atom. The fourth-order valence-electron chi connectivity index (χ4n) is 1.81. The van der Waals surface area contributed by atoms with Crippen molar-refractivity contribution in [3.8, 4) is 0 Å². The Labute approximate surface area is 130 Å². The number of anilines is 1. The first-order valence-corrected chi connectivity index (χ1v) is 6.91. The highest BCUT2D eigenvalue weighted by Gasteiger charge is 2.30. The monoisotopic (exact) mass is 306 g/mol. The largest absolute Gasteiger partial charge is 0.444 e. The van der Waals surface area contributed by atoms with Crippen molar-refractivity contribution in [1.29, 1.82) is 0 Å². The van der Waals surface area contributed by atoms with Gasteiger partial charge in [-0.25, -0.2) is 4.79 Å². The maximum Gasteiger partial charge on any atom is 0.408 e. The van der Waals surface area contributed by atoms with E-state index >= 15 is 0 Å². The first-order chi connectivity index (χ1) is 10.1. The Morgan fingerprint density at radius 2 is 1.82 bits per heavy atom. The molecule has 0 aromatic heterocycles. The molecule has 0 aliphatic heterocycles. The summed E-state index contributed by atoms with van der Waals surface area (Å²) < 4.78 is 5.17. The summed E-state index contributed by atoms with van der Waals surface area (Å²) in [4.78, 5) is 34.5. The number of benzene rings is 1. The van der Waals surface area contributed by atoms with Crippen LogP contribution in [0.25, 0.3) is 0 Å². The van der Waals surface area contributed by atoms with Gasteiger partial charge < -0.3 is 20.2 Å². The zero-order valence-corrected chi connectivity index (χ0v) is 13.5. The normalized spacial score (nSPS) is 13.7. The topological polar surface area (TPSA) is 84.5 Å². The fraction of sp³-hybridized carbons (Fsp3) is 0.438. The van der Waals surface area contributed by atoms with Crippen molar-refractivity contribution >= 4 is 24.0 Å². The van der Waals surface area contributed by atoms with E-state index in [2.05, 4.69) is 10.6 Å². The lowest BCUT2D eigenvalue weighted by Crippen LogP contribution is -2.47. The van der Waals surface area contributed by atoms with E-state index < -0.39 is 17.2 Å². The van der Waals surface area contributed by atoms with Gasteiger partial charge in [-0.1, -0.05) is 12.1 Å². The number of aldehydes is 1. The minimum absolute atomic E-state index is 0.218. The lowest BCUT2D eigenvalue weighted by Gasteiger charge is -2.28. The van der Waals surface area contributed by atoms with Crippen LogP contribution in [0.5, 0.6) is 0 Å². The van der Waals surface area contributed by atoms with E-state index in [0.29, 0.717) is 17.5 Å². The number of hydrogen-bond donors (Lipinski definition) is 2. The quantitative estimate of drug-likeness (QED) is 0.837. The van der Waals surface area contributed by atoms with Gasteiger partial charge in [0.1, 0.15) is 17.4 Å². The second-order valence-electron chi connectivity index (χ2n) is 6.21. The summed E-state index contributed by atoms with van der Waals surface area (Å²) in [6.45, 7) is 8.17. The van der Waals surface area contributed by atoms with Crippen molar-refractivity contribution in [2.45, 2.75) is 45.8 Å². The summed E-state index contributed by atoms with van der Waals surface area (Å²) in [5.41, 5.74) is -0.827. The van der Waals surface area contributed by atoms with Crippen LogP contribution >= 0.6 is 0 Å². The van der Waals surface area contributed by atoms with Gasteiger partial charge >= 0.3 is 6.09 Å². The van der Waals surface area contributed by atoms with Crippen molar-refractivity contribution in [3.05, 3.63) is 29.8 Å². The van der Waals surface area contributed by atoms with Gasteiger partial charge in [-0.15, -0.1) is 0 Å². The lowest BCUT2D eigenvalue weighted by atomic mass is 9.93. The van der Waals surface area contributed by atoms with Crippen LogP contribution in [0.2, 0.25) is 0 Å². The molecule has 0 spiro atoms. The molecule has 2 amide bonds. The average molecular weight is 306 g/mol. The first kappa shape index (κ1) is 17.7. The SMILES string of the molecule is CC(=O)Nc1cccc(C(C)(C=O)NC(=O)OC(C)(C)C)c1. The Hall–Kier alpha value is -2.37. The molecule has 6 heteroatoms. The van der Waals surface area contributed by atoms with E-state index in [9.17, 15) is 14.4 Å². The van der Waals surface area contributed by atoms with E-state index in [0.717, 1.165) is 0 Å². The molecule has 22 heavy (non-hydrogen) atoms. The lowest BCUT2D eigenvalue weighted by molar-refractivity contribution is -0.114. The molecule has 0 bridgehead atoms. The molecule has 0 radical (unpaired) electrons. The smallest absolute Gasteiger partial charge is 0.408 e. The predicted molar refractivity (Wildman–Crippen MR) is 83.5 cm³/mol. The summed E-state index contributed by atoms with van der Waals surface area (Å²) in [7, 11) is 0. The van der Waals surface area contributed by atoms with Crippen LogP contribution in [0.3, 0.4) is 0 Å². The predicted octanol–water partition coefficient (Wildman–Crippen LogP) is 2.58. The third kappa shape index (κ3) is 5.20. The van der Waals surface area contributed by atoms with Gasteiger partial charge in [-0.05, 0) is 45.4 Å². The molecule has 0 heterocycles. The second kappa shape index (κ2) is 6.60. The summed E-state index contributed by atoms with van der Waals surface area (Å²) in [5, 5.41) is 5.19. The molecule has 1 unspecified atom stereocenters. The molecule has 0 aliphatic carbocycles. The zero-order valence-electron chi connectivity index (χ0n) is 13.5. The van der Waals surface area contributed by atoms with Crippen molar-refractivity contribution in [1.82, 2.24) is 5.32 Å². The minimum atomic E-state index is -1.25. The Balaban J connectivity index is 3.00. The molecule has 0 saturated heterocycles. The van der Waals surface area contributed by atoms with Gasteiger partial charge in [0, 0.05) is 12.6 Å². The molecule has 1 atom stereocenters. The van der Waals surface area contributed by atoms with Crippen molar-refractivity contribution in [2.24, 2.45) is 0 Å². The second-order valence-corrected chi connectivity index (χ2v) is 6.21. The molecular weight excluding hydrogens is 284 g/mol. The molecule has 1 rings (SSSR count). The Morgan fingerprint density at radius 1 is 1.18 bits per heavy atom. The molecule has 6 nitrogen and oxygen atoms in total. The maximum atomic E-state index is 11.9. The van der Waals surface area contributed by atoms with Crippen LogP contribution < -0.4 is 10.6 Å². The standard InChI is InChI=1S/C16H22N2O4/c1-11(20)17-13-8-6-7-12(9-13)16(5,10-19)18-14(21)22-15(2,3)4/h6-10H,1-5H3,(H,17,20)(H,18,21). The molecular formula is C16H22N2O4. The summed E-state index contributed by atoms with van der Waals surface area (Å²) in [6.07, 6.45) is -0.0592. The van der Waals surface area contributed by atoms with Crippen molar-refractivity contribution in [2.75, 3.05) is 5.32 Å². The number of hydrogen-bond acceptors (Lipinski definition) is 4. The van der Waals surface area contributed by atoms with E-state index in [1.165, 1.54) is 6.92 Å². The summed E-state index contributed by atoms with van der Waals surface area (Å²) >= 11 is 0. The van der Waals surface area contributed by atoms with Gasteiger partial charge in [-0.3, -0.25) is 4.79 Å². The molecule has 2 N–H and O–H groups in total. The van der Waals surface area contributed by atoms with Gasteiger partial charge in [0.05, 0.1) is 0 Å². The number of ether oxygens (including phenoxy) is 1. The molecule has 0 aliphatic rings. The number of amides is 2. The molecule has 1 aromatic carbocycles. The van der Waals surface area contributed by atoms with Crippen LogP contribution in [0, 0.1) is 0 Å². The third-order valence-electron chi connectivity index (χ3n) is 2.78. The number of rotatable bonds is 4. The highest BCUT2D eigenvalue weighted by molar-refractivity contribution is 5.89. The van der Waals surface area contributed by atoms with Crippen molar-refractivity contribution < 1.29 is 19.1 Å². The molecule has 120 valence electrons.